The number of esters is 1. The Hall–Kier alpha value is -2.89. The van der Waals surface area contributed by atoms with Crippen LogP contribution in [0.3, 0.4) is 0 Å². The molecule has 8 nitrogen and oxygen atoms in total. The predicted molar refractivity (Wildman–Crippen MR) is 110 cm³/mol. The molecule has 2 N–H and O–H groups in total. The van der Waals surface area contributed by atoms with Gasteiger partial charge in [0.2, 0.25) is 10.0 Å². The molecule has 1 saturated heterocycles. The smallest absolute Gasteiger partial charge is 0.325 e. The highest BCUT2D eigenvalue weighted by Crippen LogP contribution is 2.28. The Bertz CT molecular complexity index is 1150. The third-order valence-corrected chi connectivity index (χ3v) is 7.01. The second-order valence-corrected chi connectivity index (χ2v) is 9.40. The number of carbonyl (C=O) groups excluding carboxylic acids is 2. The van der Waals surface area contributed by atoms with E-state index in [0.717, 1.165) is 33.6 Å². The molecule has 1 heterocycles. The number of aliphatic hydroxyl groups is 1. The lowest BCUT2D eigenvalue weighted by atomic mass is 10.1. The van der Waals surface area contributed by atoms with E-state index in [1.165, 1.54) is 12.1 Å². The molecular formula is C21H22F2N2O6S. The quantitative estimate of drug-likeness (QED) is 0.626. The molecule has 32 heavy (non-hydrogen) atoms. The summed E-state index contributed by atoms with van der Waals surface area (Å²) in [7, 11) is -4.11. The standard InChI is InChI=1S/C21H22F2N2O6S/c1-12-3-5-16(7-13(12)2)32(29,30)25-10-15(26)9-19(25)21(28)31-11-20(27)24-14-4-6-17(22)18(23)8-14/h3-8,15,19,26H,9-11H2,1-2H3,(H,24,27)/t15?,19-/m0/s1. The van der Waals surface area contributed by atoms with E-state index in [-0.39, 0.29) is 23.5 Å². The molecule has 3 rings (SSSR count). The molecule has 0 bridgehead atoms. The van der Waals surface area contributed by atoms with Gasteiger partial charge in [-0.05, 0) is 49.2 Å². The van der Waals surface area contributed by atoms with E-state index in [1.54, 1.807) is 13.0 Å². The molecule has 1 fully saturated rings. The highest BCUT2D eigenvalue weighted by Gasteiger charge is 2.44. The fraction of sp³-hybridized carbons (Fsp3) is 0.333. The first kappa shape index (κ1) is 23.8. The van der Waals surface area contributed by atoms with Crippen molar-refractivity contribution in [3.8, 4) is 0 Å². The van der Waals surface area contributed by atoms with Crippen molar-refractivity contribution in [3.05, 3.63) is 59.2 Å². The van der Waals surface area contributed by atoms with Gasteiger partial charge in [0.1, 0.15) is 6.04 Å². The second-order valence-electron chi connectivity index (χ2n) is 7.51. The van der Waals surface area contributed by atoms with Gasteiger partial charge in [0.05, 0.1) is 11.0 Å². The van der Waals surface area contributed by atoms with Crippen molar-refractivity contribution >= 4 is 27.6 Å². The van der Waals surface area contributed by atoms with Gasteiger partial charge < -0.3 is 15.2 Å². The molecule has 0 aromatic heterocycles. The fourth-order valence-corrected chi connectivity index (χ4v) is 4.99. The molecule has 1 aliphatic heterocycles. The number of anilines is 1. The van der Waals surface area contributed by atoms with Gasteiger partial charge in [-0.25, -0.2) is 17.2 Å². The van der Waals surface area contributed by atoms with E-state index >= 15 is 0 Å². The van der Waals surface area contributed by atoms with Crippen LogP contribution in [-0.2, 0) is 24.3 Å². The van der Waals surface area contributed by atoms with E-state index < -0.39 is 52.3 Å². The summed E-state index contributed by atoms with van der Waals surface area (Å²) in [6.45, 7) is 2.51. The summed E-state index contributed by atoms with van der Waals surface area (Å²) in [6, 6.07) is 5.95. The molecule has 0 radical (unpaired) electrons. The summed E-state index contributed by atoms with van der Waals surface area (Å²) in [4.78, 5) is 24.5. The molecule has 0 saturated carbocycles. The Morgan fingerprint density at radius 1 is 1.12 bits per heavy atom. The van der Waals surface area contributed by atoms with Crippen molar-refractivity contribution in [2.45, 2.75) is 37.3 Å². The number of ether oxygens (including phenoxy) is 1. The highest BCUT2D eigenvalue weighted by atomic mass is 32.2. The molecule has 172 valence electrons. The average molecular weight is 468 g/mol. The summed E-state index contributed by atoms with van der Waals surface area (Å²) in [6.07, 6.45) is -1.27. The molecule has 2 aromatic rings. The lowest BCUT2D eigenvalue weighted by Gasteiger charge is -2.22. The average Bonchev–Trinajstić information content (AvgIpc) is 3.13. The molecule has 11 heteroatoms. The maximum absolute atomic E-state index is 13.2. The van der Waals surface area contributed by atoms with Crippen LogP contribution in [0.15, 0.2) is 41.3 Å². The number of hydrogen-bond acceptors (Lipinski definition) is 6. The first-order valence-electron chi connectivity index (χ1n) is 9.67. The Balaban J connectivity index is 1.68. The van der Waals surface area contributed by atoms with E-state index in [9.17, 15) is 31.9 Å². The number of hydrogen-bond donors (Lipinski definition) is 2. The zero-order chi connectivity index (χ0) is 23.6. The fourth-order valence-electron chi connectivity index (χ4n) is 3.28. The van der Waals surface area contributed by atoms with Crippen LogP contribution in [0.5, 0.6) is 0 Å². The largest absolute Gasteiger partial charge is 0.454 e. The van der Waals surface area contributed by atoms with Crippen LogP contribution >= 0.6 is 0 Å². The minimum Gasteiger partial charge on any atom is -0.454 e. The monoisotopic (exact) mass is 468 g/mol. The van der Waals surface area contributed by atoms with Crippen LogP contribution < -0.4 is 5.32 Å². The maximum atomic E-state index is 13.2. The van der Waals surface area contributed by atoms with Crippen LogP contribution in [0.2, 0.25) is 0 Å². The molecular weight excluding hydrogens is 446 g/mol. The zero-order valence-electron chi connectivity index (χ0n) is 17.3. The highest BCUT2D eigenvalue weighted by molar-refractivity contribution is 7.89. The lowest BCUT2D eigenvalue weighted by molar-refractivity contribution is -0.150. The molecule has 0 spiro atoms. The van der Waals surface area contributed by atoms with Crippen molar-refractivity contribution in [2.24, 2.45) is 0 Å². The maximum Gasteiger partial charge on any atom is 0.325 e. The van der Waals surface area contributed by atoms with Crippen LogP contribution in [0.4, 0.5) is 14.5 Å². The van der Waals surface area contributed by atoms with Crippen molar-refractivity contribution < 1.29 is 36.6 Å². The summed E-state index contributed by atoms with van der Waals surface area (Å²) < 4.78 is 58.1. The SMILES string of the molecule is Cc1ccc(S(=O)(=O)N2CC(O)C[C@H]2C(=O)OCC(=O)Nc2ccc(F)c(F)c2)cc1C. The molecule has 2 atom stereocenters. The van der Waals surface area contributed by atoms with Crippen molar-refractivity contribution in [1.82, 2.24) is 4.31 Å². The number of aryl methyl sites for hydroxylation is 2. The van der Waals surface area contributed by atoms with Crippen molar-refractivity contribution in [3.63, 3.8) is 0 Å². The third kappa shape index (κ3) is 5.12. The second kappa shape index (κ2) is 9.31. The number of amides is 1. The van der Waals surface area contributed by atoms with Crippen LogP contribution in [-0.4, -0.2) is 55.0 Å². The van der Waals surface area contributed by atoms with E-state index in [0.29, 0.717) is 0 Å². The molecule has 1 unspecified atom stereocenters. The van der Waals surface area contributed by atoms with Gasteiger partial charge in [0, 0.05) is 24.7 Å². The number of nitrogens with zero attached hydrogens (tertiary/aromatic N) is 1. The Kier molecular flexibility index (Phi) is 6.91. The van der Waals surface area contributed by atoms with Crippen molar-refractivity contribution in [1.29, 1.82) is 0 Å². The minimum atomic E-state index is -4.11. The molecule has 0 aliphatic carbocycles. The van der Waals surface area contributed by atoms with Gasteiger partial charge in [0.15, 0.2) is 18.2 Å². The van der Waals surface area contributed by atoms with E-state index in [4.69, 9.17) is 4.74 Å². The molecule has 2 aromatic carbocycles. The van der Waals surface area contributed by atoms with Gasteiger partial charge in [-0.3, -0.25) is 9.59 Å². The number of benzene rings is 2. The number of carbonyl (C=O) groups is 2. The van der Waals surface area contributed by atoms with Gasteiger partial charge in [-0.15, -0.1) is 0 Å². The van der Waals surface area contributed by atoms with Crippen molar-refractivity contribution in [2.75, 3.05) is 18.5 Å². The first-order chi connectivity index (χ1) is 15.0. The first-order valence-corrected chi connectivity index (χ1v) is 11.1. The summed E-state index contributed by atoms with van der Waals surface area (Å²) in [5, 5.41) is 12.2. The number of rotatable bonds is 6. The summed E-state index contributed by atoms with van der Waals surface area (Å²) in [5.74, 6) is -4.08. The molecule has 1 amide bonds. The van der Waals surface area contributed by atoms with Crippen LogP contribution in [0, 0.1) is 25.5 Å². The predicted octanol–water partition coefficient (Wildman–Crippen LogP) is 1.89. The van der Waals surface area contributed by atoms with Gasteiger partial charge in [0.25, 0.3) is 5.91 Å². The zero-order valence-corrected chi connectivity index (χ0v) is 18.2. The number of aliphatic hydroxyl groups excluding tert-OH is 1. The van der Waals surface area contributed by atoms with Crippen LogP contribution in [0.1, 0.15) is 17.5 Å². The number of β-amino-alcohol motifs (C(OH)–C–C–N with tert-alkyl or cyclic N) is 1. The number of nitrogens with one attached hydrogen (secondary N) is 1. The van der Waals surface area contributed by atoms with Crippen LogP contribution in [0.25, 0.3) is 0 Å². The van der Waals surface area contributed by atoms with Gasteiger partial charge in [-0.1, -0.05) is 6.07 Å². The number of halogens is 2. The Labute approximate surface area is 183 Å². The third-order valence-electron chi connectivity index (χ3n) is 5.14. The summed E-state index contributed by atoms with van der Waals surface area (Å²) in [5.41, 5.74) is 1.60. The van der Waals surface area contributed by atoms with Gasteiger partial charge >= 0.3 is 5.97 Å². The normalized spacial score (nSPS) is 19.0. The van der Waals surface area contributed by atoms with E-state index in [1.807, 2.05) is 6.92 Å². The van der Waals surface area contributed by atoms with Gasteiger partial charge in [-0.2, -0.15) is 4.31 Å². The summed E-state index contributed by atoms with van der Waals surface area (Å²) >= 11 is 0. The van der Waals surface area contributed by atoms with E-state index in [2.05, 4.69) is 5.32 Å². The topological polar surface area (TPSA) is 113 Å². The Morgan fingerprint density at radius 3 is 2.50 bits per heavy atom. The lowest BCUT2D eigenvalue weighted by Crippen LogP contribution is -2.42. The minimum absolute atomic E-state index is 0.0245. The molecule has 1 aliphatic rings. The Morgan fingerprint density at radius 2 is 1.84 bits per heavy atom. The number of sulfonamides is 1.